The van der Waals surface area contributed by atoms with E-state index in [1.807, 2.05) is 37.3 Å². The molecule has 0 saturated heterocycles. The van der Waals surface area contributed by atoms with Gasteiger partial charge in [0, 0.05) is 39.9 Å². The van der Waals surface area contributed by atoms with Crippen LogP contribution in [0.5, 0.6) is 0 Å². The predicted molar refractivity (Wildman–Crippen MR) is 116 cm³/mol. The van der Waals surface area contributed by atoms with Crippen molar-refractivity contribution in [1.29, 1.82) is 0 Å². The number of thioether (sulfide) groups is 1. The molecule has 0 bridgehead atoms. The molecule has 0 N–H and O–H groups in total. The van der Waals surface area contributed by atoms with Crippen molar-refractivity contribution in [2.75, 3.05) is 0 Å². The fraction of sp³-hybridized carbons (Fsp3) is 0.286. The average Bonchev–Trinajstić information content (AvgIpc) is 2.71. The Morgan fingerprint density at radius 1 is 1.13 bits per heavy atom. The fourth-order valence-electron chi connectivity index (χ4n) is 3.33. The van der Waals surface area contributed by atoms with Gasteiger partial charge in [-0.3, -0.25) is 4.98 Å². The van der Waals surface area contributed by atoms with E-state index < -0.39 is 18.8 Å². The number of alkyl halides is 2. The van der Waals surface area contributed by atoms with Crippen LogP contribution in [0.2, 0.25) is 0 Å². The van der Waals surface area contributed by atoms with Crippen LogP contribution in [-0.2, 0) is 28.8 Å². The van der Waals surface area contributed by atoms with Crippen LogP contribution < -0.4 is 9.79 Å². The Balaban J connectivity index is 2.01. The lowest BCUT2D eigenvalue weighted by Crippen LogP contribution is -2.30. The Hall–Kier alpha value is -1.31. The van der Waals surface area contributed by atoms with Crippen molar-refractivity contribution in [2.24, 2.45) is 0 Å². The third kappa shape index (κ3) is 4.48. The molecule has 30 heavy (non-hydrogen) atoms. The van der Waals surface area contributed by atoms with Gasteiger partial charge in [0.1, 0.15) is 0 Å². The van der Waals surface area contributed by atoms with Gasteiger partial charge in [-0.25, -0.2) is 0 Å². The second kappa shape index (κ2) is 9.05. The molecule has 0 aliphatic heterocycles. The monoisotopic (exact) mass is 513 g/mol. The van der Waals surface area contributed by atoms with Crippen molar-refractivity contribution in [1.82, 2.24) is 4.98 Å². The third-order valence-electron chi connectivity index (χ3n) is 4.92. The number of pyridine rings is 1. The molecule has 9 heteroatoms. The summed E-state index contributed by atoms with van der Waals surface area (Å²) in [7, 11) is -6.16. The Bertz CT molecular complexity index is 1140. The lowest BCUT2D eigenvalue weighted by Gasteiger charge is -2.38. The lowest BCUT2D eigenvalue weighted by molar-refractivity contribution is -0.335. The fourth-order valence-corrected chi connectivity index (χ4v) is 5.84. The number of rotatable bonds is 7. The summed E-state index contributed by atoms with van der Waals surface area (Å²) in [4.78, 5) is 27.8. The van der Waals surface area contributed by atoms with Crippen molar-refractivity contribution < 1.29 is 23.1 Å². The number of nitrogens with zero attached hydrogens (tertiary/aromatic N) is 1. The highest BCUT2D eigenvalue weighted by atomic mass is 79.9. The Morgan fingerprint density at radius 3 is 2.47 bits per heavy atom. The Kier molecular flexibility index (Phi) is 7.04. The largest absolute Gasteiger partial charge is 0.806 e. The second-order valence-corrected chi connectivity index (χ2v) is 10.2. The summed E-state index contributed by atoms with van der Waals surface area (Å²) in [6.07, 6.45) is 2.61. The van der Waals surface area contributed by atoms with Crippen LogP contribution in [-0.4, -0.2) is 4.98 Å². The molecule has 0 unspecified atom stereocenters. The van der Waals surface area contributed by atoms with Gasteiger partial charge in [-0.05, 0) is 63.7 Å². The maximum Gasteiger partial charge on any atom is 0.297 e. The number of aromatic nitrogens is 1. The molecule has 0 saturated carbocycles. The zero-order chi connectivity index (χ0) is 22.1. The van der Waals surface area contributed by atoms with Crippen LogP contribution in [0.15, 0.2) is 52.0 Å². The zero-order valence-electron chi connectivity index (χ0n) is 16.3. The maximum atomic E-state index is 14.4. The standard InChI is InChI=1S/C21H21BrF2NO3PS/c1-3-13-10-18(21(23,24)29(26,27)28)20(22)16(4-2)17(13)12-30-15-9-14-7-5-6-8-19(14)25-11-15/h5-11H,3-4,12H2,1-2H3,(H2,26,27,28)/p-2. The van der Waals surface area contributed by atoms with Gasteiger partial charge in [0.15, 0.2) is 0 Å². The number of halogens is 3. The second-order valence-electron chi connectivity index (χ2n) is 6.75. The molecule has 0 atom stereocenters. The van der Waals surface area contributed by atoms with E-state index in [4.69, 9.17) is 0 Å². The minimum atomic E-state index is -6.16. The minimum absolute atomic E-state index is 0.0219. The molecular formula is C21H19BrF2NO3PS-2. The first kappa shape index (κ1) is 23.4. The van der Waals surface area contributed by atoms with Crippen molar-refractivity contribution in [3.05, 3.63) is 69.3 Å². The maximum absolute atomic E-state index is 14.4. The number of hydrogen-bond acceptors (Lipinski definition) is 5. The summed E-state index contributed by atoms with van der Waals surface area (Å²) in [5.74, 6) is 0.503. The van der Waals surface area contributed by atoms with Crippen molar-refractivity contribution in [3.8, 4) is 0 Å². The van der Waals surface area contributed by atoms with Gasteiger partial charge in [0.2, 0.25) is 0 Å². The average molecular weight is 514 g/mol. The first-order valence-corrected chi connectivity index (χ1v) is 12.6. The lowest BCUT2D eigenvalue weighted by atomic mass is 9.95. The molecule has 0 radical (unpaired) electrons. The van der Waals surface area contributed by atoms with E-state index >= 15 is 0 Å². The summed E-state index contributed by atoms with van der Waals surface area (Å²) in [6, 6.07) is 10.9. The highest BCUT2D eigenvalue weighted by Crippen LogP contribution is 2.56. The quantitative estimate of drug-likeness (QED) is 0.313. The van der Waals surface area contributed by atoms with E-state index in [2.05, 4.69) is 20.9 Å². The number of fused-ring (bicyclic) bond motifs is 1. The van der Waals surface area contributed by atoms with Crippen LogP contribution in [0.1, 0.15) is 36.1 Å². The van der Waals surface area contributed by atoms with Gasteiger partial charge < -0.3 is 14.4 Å². The van der Waals surface area contributed by atoms with E-state index in [0.29, 0.717) is 29.7 Å². The van der Waals surface area contributed by atoms with Gasteiger partial charge in [0.25, 0.3) is 5.66 Å². The molecule has 3 rings (SSSR count). The summed E-state index contributed by atoms with van der Waals surface area (Å²) in [5, 5.41) is 1.01. The SMILES string of the molecule is CCc1cc(C(F)(F)P(=O)([O-])[O-])c(Br)c(CC)c1CSc1cnc2ccccc2c1. The summed E-state index contributed by atoms with van der Waals surface area (Å²) in [5.41, 5.74) is -2.34. The van der Waals surface area contributed by atoms with Crippen LogP contribution in [0.4, 0.5) is 8.78 Å². The highest BCUT2D eigenvalue weighted by Gasteiger charge is 2.39. The molecule has 0 aliphatic carbocycles. The van der Waals surface area contributed by atoms with Crippen molar-refractivity contribution >= 4 is 46.2 Å². The van der Waals surface area contributed by atoms with E-state index in [0.717, 1.165) is 27.4 Å². The molecule has 1 aromatic heterocycles. The number of hydrogen-bond donors (Lipinski definition) is 0. The van der Waals surface area contributed by atoms with Crippen molar-refractivity contribution in [2.45, 2.75) is 43.0 Å². The highest BCUT2D eigenvalue weighted by molar-refractivity contribution is 9.10. The van der Waals surface area contributed by atoms with Crippen LogP contribution in [0.3, 0.4) is 0 Å². The number of benzene rings is 2. The van der Waals surface area contributed by atoms with Crippen molar-refractivity contribution in [3.63, 3.8) is 0 Å². The molecule has 3 aromatic rings. The van der Waals surface area contributed by atoms with E-state index in [1.165, 1.54) is 11.8 Å². The van der Waals surface area contributed by atoms with Gasteiger partial charge >= 0.3 is 0 Å². The predicted octanol–water partition coefficient (Wildman–Crippen LogP) is 5.38. The Morgan fingerprint density at radius 2 is 1.83 bits per heavy atom. The van der Waals surface area contributed by atoms with Gasteiger partial charge in [-0.2, -0.15) is 8.78 Å². The summed E-state index contributed by atoms with van der Waals surface area (Å²) in [6.45, 7) is 3.62. The molecule has 1 heterocycles. The molecule has 0 spiro atoms. The molecular weight excluding hydrogens is 495 g/mol. The molecule has 2 aromatic carbocycles. The summed E-state index contributed by atoms with van der Waals surface area (Å²) >= 11 is 4.67. The zero-order valence-corrected chi connectivity index (χ0v) is 19.6. The van der Waals surface area contributed by atoms with E-state index in [9.17, 15) is 23.1 Å². The smallest absolute Gasteiger partial charge is 0.297 e. The number of para-hydroxylation sites is 1. The molecule has 0 fully saturated rings. The van der Waals surface area contributed by atoms with Crippen LogP contribution in [0.25, 0.3) is 10.9 Å². The minimum Gasteiger partial charge on any atom is -0.806 e. The first-order valence-electron chi connectivity index (χ1n) is 9.31. The van der Waals surface area contributed by atoms with Gasteiger partial charge in [0.05, 0.1) is 5.52 Å². The van der Waals surface area contributed by atoms with Gasteiger partial charge in [-0.15, -0.1) is 11.8 Å². The van der Waals surface area contributed by atoms with Crippen LogP contribution >= 0.6 is 35.3 Å². The van der Waals surface area contributed by atoms with E-state index in [-0.39, 0.29) is 4.47 Å². The normalized spacial score (nSPS) is 12.5. The Labute approximate surface area is 186 Å². The summed E-state index contributed by atoms with van der Waals surface area (Å²) < 4.78 is 39.9. The van der Waals surface area contributed by atoms with Gasteiger partial charge in [-0.1, -0.05) is 32.0 Å². The first-order chi connectivity index (χ1) is 14.1. The molecule has 160 valence electrons. The van der Waals surface area contributed by atoms with Crippen LogP contribution in [0, 0.1) is 0 Å². The number of aryl methyl sites for hydroxylation is 1. The van der Waals surface area contributed by atoms with E-state index in [1.54, 1.807) is 13.1 Å². The molecule has 4 nitrogen and oxygen atoms in total. The molecule has 0 aliphatic rings. The third-order valence-corrected chi connectivity index (χ3v) is 7.75. The topological polar surface area (TPSA) is 76.1 Å². The molecule has 0 amide bonds.